The first-order valence-electron chi connectivity index (χ1n) is 15.5. The molecule has 0 aliphatic rings. The van der Waals surface area contributed by atoms with Gasteiger partial charge in [0.1, 0.15) is 11.6 Å². The molecule has 0 unspecified atom stereocenters. The zero-order chi connectivity index (χ0) is 32.5. The van der Waals surface area contributed by atoms with E-state index in [1.807, 2.05) is 70.0 Å². The Morgan fingerprint density at radius 1 is 0.907 bits per heavy atom. The van der Waals surface area contributed by atoms with Gasteiger partial charge in [-0.05, 0) is 61.3 Å². The smallest absolute Gasteiger partial charge is 0.305 e. The van der Waals surface area contributed by atoms with Crippen molar-refractivity contribution >= 4 is 40.6 Å². The van der Waals surface area contributed by atoms with E-state index in [1.54, 1.807) is 13.0 Å². The second kappa shape index (κ2) is 20.1. The lowest BCUT2D eigenvalue weighted by atomic mass is 10.0. The number of esters is 1. The van der Waals surface area contributed by atoms with Gasteiger partial charge in [0.2, 0.25) is 5.91 Å². The SMILES string of the molecule is CC(C)C(=O)CCCc1cccc(NC(=O)C(C)C)c1Cl.CCC(=O)OCCCCc1cccc(N(C)CC(C)C)c1F. The molecular formula is C35H52ClFN2O4. The summed E-state index contributed by atoms with van der Waals surface area (Å²) in [6.45, 7) is 14.8. The Morgan fingerprint density at radius 3 is 2.14 bits per heavy atom. The maximum absolute atomic E-state index is 14.5. The van der Waals surface area contributed by atoms with E-state index in [9.17, 15) is 18.8 Å². The molecule has 0 radical (unpaired) electrons. The molecule has 0 aliphatic heterocycles. The summed E-state index contributed by atoms with van der Waals surface area (Å²) in [5.74, 6) is 0.394. The third-order valence-corrected chi connectivity index (χ3v) is 7.32. The molecule has 0 saturated heterocycles. The summed E-state index contributed by atoms with van der Waals surface area (Å²) in [4.78, 5) is 36.3. The molecule has 0 atom stereocenters. The van der Waals surface area contributed by atoms with Gasteiger partial charge in [-0.3, -0.25) is 14.4 Å². The molecule has 0 heterocycles. The van der Waals surface area contributed by atoms with Gasteiger partial charge in [0, 0.05) is 38.3 Å². The first-order chi connectivity index (χ1) is 20.3. The fourth-order valence-electron chi connectivity index (χ4n) is 4.29. The van der Waals surface area contributed by atoms with E-state index in [1.165, 1.54) is 0 Å². The topological polar surface area (TPSA) is 75.7 Å². The van der Waals surface area contributed by atoms with Crippen LogP contribution in [0.1, 0.15) is 91.7 Å². The number of benzene rings is 2. The largest absolute Gasteiger partial charge is 0.466 e. The van der Waals surface area contributed by atoms with Crippen LogP contribution in [0.5, 0.6) is 0 Å². The van der Waals surface area contributed by atoms with Crippen LogP contribution in [-0.2, 0) is 32.0 Å². The number of amides is 1. The molecule has 0 aromatic heterocycles. The van der Waals surface area contributed by atoms with Crippen molar-refractivity contribution in [1.82, 2.24) is 0 Å². The summed E-state index contributed by atoms with van der Waals surface area (Å²) in [7, 11) is 1.92. The van der Waals surface area contributed by atoms with Crippen molar-refractivity contribution in [3.05, 3.63) is 58.4 Å². The van der Waals surface area contributed by atoms with E-state index in [2.05, 4.69) is 19.2 Å². The summed E-state index contributed by atoms with van der Waals surface area (Å²) in [6.07, 6.45) is 4.72. The fourth-order valence-corrected chi connectivity index (χ4v) is 4.56. The van der Waals surface area contributed by atoms with Crippen LogP contribution in [0.15, 0.2) is 36.4 Å². The van der Waals surface area contributed by atoms with Crippen LogP contribution in [0.3, 0.4) is 0 Å². The molecule has 0 aliphatic carbocycles. The number of ketones is 1. The number of nitrogens with one attached hydrogen (secondary N) is 1. The van der Waals surface area contributed by atoms with Crippen LogP contribution in [0, 0.1) is 23.6 Å². The van der Waals surface area contributed by atoms with Gasteiger partial charge >= 0.3 is 5.97 Å². The number of hydrogen-bond acceptors (Lipinski definition) is 5. The lowest BCUT2D eigenvalue weighted by Gasteiger charge is -2.23. The monoisotopic (exact) mass is 618 g/mol. The highest BCUT2D eigenvalue weighted by Gasteiger charge is 2.14. The first-order valence-corrected chi connectivity index (χ1v) is 15.9. The number of anilines is 2. The number of nitrogens with zero attached hydrogens (tertiary/aromatic N) is 1. The van der Waals surface area contributed by atoms with Crippen LogP contribution in [0.25, 0.3) is 0 Å². The molecule has 240 valence electrons. The second-order valence-electron chi connectivity index (χ2n) is 12.0. The third kappa shape index (κ3) is 14.4. The first kappa shape index (κ1) is 38.1. The molecule has 2 rings (SSSR count). The molecule has 0 bridgehead atoms. The van der Waals surface area contributed by atoms with Crippen molar-refractivity contribution < 1.29 is 23.5 Å². The molecule has 43 heavy (non-hydrogen) atoms. The summed E-state index contributed by atoms with van der Waals surface area (Å²) in [6, 6.07) is 11.2. The standard InChI is InChI=1S/C18H28FNO2.C17H24ClNO2/c1-5-17(21)22-12-7-6-9-15-10-8-11-16(18(15)19)20(4)13-14(2)3;1-11(2)15(20)10-6-8-13-7-5-9-14(16(13)18)19-17(21)12(3)4/h8,10-11,14H,5-7,9,12-13H2,1-4H3;5,7,9,11-12H,6,8,10H2,1-4H3,(H,19,21). The van der Waals surface area contributed by atoms with E-state index < -0.39 is 0 Å². The quantitative estimate of drug-likeness (QED) is 0.150. The zero-order valence-electron chi connectivity index (χ0n) is 27.4. The molecule has 1 N–H and O–H groups in total. The molecule has 2 aromatic carbocycles. The van der Waals surface area contributed by atoms with Crippen molar-refractivity contribution in [3.8, 4) is 0 Å². The maximum Gasteiger partial charge on any atom is 0.305 e. The van der Waals surface area contributed by atoms with Crippen molar-refractivity contribution in [2.45, 2.75) is 93.4 Å². The lowest BCUT2D eigenvalue weighted by molar-refractivity contribution is -0.143. The van der Waals surface area contributed by atoms with Gasteiger partial charge in [-0.25, -0.2) is 4.39 Å². The van der Waals surface area contributed by atoms with E-state index >= 15 is 0 Å². The number of ether oxygens (including phenoxy) is 1. The van der Waals surface area contributed by atoms with Crippen LogP contribution in [-0.4, -0.2) is 37.9 Å². The van der Waals surface area contributed by atoms with E-state index in [4.69, 9.17) is 16.3 Å². The highest BCUT2D eigenvalue weighted by molar-refractivity contribution is 6.34. The summed E-state index contributed by atoms with van der Waals surface area (Å²) in [5, 5.41) is 3.40. The molecule has 0 spiro atoms. The molecule has 6 nitrogen and oxygen atoms in total. The summed E-state index contributed by atoms with van der Waals surface area (Å²) < 4.78 is 19.6. The zero-order valence-corrected chi connectivity index (χ0v) is 28.2. The van der Waals surface area contributed by atoms with E-state index in [0.29, 0.717) is 48.2 Å². The number of Topliss-reactive ketones (excluding diaryl/α,β-unsaturated/α-hetero) is 1. The van der Waals surface area contributed by atoms with Crippen LogP contribution >= 0.6 is 11.6 Å². The Kier molecular flexibility index (Phi) is 17.8. The van der Waals surface area contributed by atoms with Gasteiger partial charge in [0.05, 0.1) is 23.0 Å². The summed E-state index contributed by atoms with van der Waals surface area (Å²) >= 11 is 6.34. The van der Waals surface area contributed by atoms with Gasteiger partial charge < -0.3 is 15.0 Å². The highest BCUT2D eigenvalue weighted by atomic mass is 35.5. The number of unbranched alkanes of at least 4 members (excludes halogenated alkanes) is 1. The van der Waals surface area contributed by atoms with Gasteiger partial charge in [-0.1, -0.05) is 84.3 Å². The number of halogens is 2. The van der Waals surface area contributed by atoms with E-state index in [0.717, 1.165) is 43.4 Å². The predicted octanol–water partition coefficient (Wildman–Crippen LogP) is 8.68. The minimum atomic E-state index is -0.177. The molecular weight excluding hydrogens is 567 g/mol. The minimum absolute atomic E-state index is 0.0518. The number of carbonyl (C=O) groups is 3. The minimum Gasteiger partial charge on any atom is -0.466 e. The Bertz CT molecular complexity index is 1170. The Labute approximate surface area is 263 Å². The predicted molar refractivity (Wildman–Crippen MR) is 176 cm³/mol. The van der Waals surface area contributed by atoms with E-state index in [-0.39, 0.29) is 35.3 Å². The van der Waals surface area contributed by atoms with Gasteiger partial charge in [0.25, 0.3) is 0 Å². The molecule has 0 fully saturated rings. The molecule has 2 aromatic rings. The number of aryl methyl sites for hydroxylation is 2. The number of rotatable bonds is 16. The van der Waals surface area contributed by atoms with Gasteiger partial charge in [-0.2, -0.15) is 0 Å². The number of hydrogen-bond donors (Lipinski definition) is 1. The van der Waals surface area contributed by atoms with Crippen molar-refractivity contribution in [2.24, 2.45) is 17.8 Å². The van der Waals surface area contributed by atoms with Crippen molar-refractivity contribution in [3.63, 3.8) is 0 Å². The van der Waals surface area contributed by atoms with Crippen molar-refractivity contribution in [1.29, 1.82) is 0 Å². The van der Waals surface area contributed by atoms with Crippen LogP contribution in [0.4, 0.5) is 15.8 Å². The Balaban J connectivity index is 0.000000430. The molecule has 8 heteroatoms. The second-order valence-corrected chi connectivity index (χ2v) is 12.3. The Morgan fingerprint density at radius 2 is 1.53 bits per heavy atom. The highest BCUT2D eigenvalue weighted by Crippen LogP contribution is 2.28. The Hall–Kier alpha value is -2.93. The average molecular weight is 619 g/mol. The van der Waals surface area contributed by atoms with Crippen molar-refractivity contribution in [2.75, 3.05) is 30.4 Å². The molecule has 0 saturated carbocycles. The molecule has 1 amide bonds. The van der Waals surface area contributed by atoms with Gasteiger partial charge in [0.15, 0.2) is 0 Å². The van der Waals surface area contributed by atoms with Crippen LogP contribution < -0.4 is 10.2 Å². The van der Waals surface area contributed by atoms with Crippen LogP contribution in [0.2, 0.25) is 5.02 Å². The average Bonchev–Trinajstić information content (AvgIpc) is 2.95. The normalized spacial score (nSPS) is 10.9. The summed E-state index contributed by atoms with van der Waals surface area (Å²) in [5.41, 5.74) is 3.00. The fraction of sp³-hybridized carbons (Fsp3) is 0.571. The maximum atomic E-state index is 14.5. The van der Waals surface area contributed by atoms with Gasteiger partial charge in [-0.15, -0.1) is 0 Å². The number of carbonyl (C=O) groups excluding carboxylic acids is 3. The third-order valence-electron chi connectivity index (χ3n) is 6.87. The lowest BCUT2D eigenvalue weighted by Crippen LogP contribution is -2.23.